The fourth-order valence-electron chi connectivity index (χ4n) is 1.75. The zero-order chi connectivity index (χ0) is 14.1. The van der Waals surface area contributed by atoms with E-state index in [1.807, 2.05) is 6.92 Å². The third kappa shape index (κ3) is 6.25. The molecule has 1 rings (SSSR count). The van der Waals surface area contributed by atoms with Crippen LogP contribution in [0.2, 0.25) is 0 Å². The maximum absolute atomic E-state index is 12.2. The molecule has 0 amide bonds. The van der Waals surface area contributed by atoms with Crippen LogP contribution in [0.5, 0.6) is 0 Å². The molecule has 2 unspecified atom stereocenters. The summed E-state index contributed by atoms with van der Waals surface area (Å²) in [5.41, 5.74) is 0. The molecule has 1 aliphatic heterocycles. The molecule has 0 saturated carbocycles. The normalized spacial score (nSPS) is 23.9. The molecule has 0 aromatic rings. The molecular weight excluding hydrogens is 304 g/mol. The summed E-state index contributed by atoms with van der Waals surface area (Å²) in [4.78, 5) is 5.04. The lowest BCUT2D eigenvalue weighted by atomic mass is 10.4. The summed E-state index contributed by atoms with van der Waals surface area (Å²) in [6.45, 7) is 4.66. The Bertz CT molecular complexity index is 332. The third-order valence-corrected chi connectivity index (χ3v) is 7.99. The fourth-order valence-corrected chi connectivity index (χ4v) is 7.33. The molecule has 0 radical (unpaired) electrons. The number of rotatable bonds is 10. The van der Waals surface area contributed by atoms with Crippen molar-refractivity contribution in [2.24, 2.45) is 0 Å². The summed E-state index contributed by atoms with van der Waals surface area (Å²) in [5, 5.41) is -0.294. The van der Waals surface area contributed by atoms with E-state index < -0.39 is 9.84 Å². The Balaban J connectivity index is 2.36. The first-order chi connectivity index (χ1) is 9.11. The maximum Gasteiger partial charge on any atom is 0.155 e. The van der Waals surface area contributed by atoms with Crippen LogP contribution in [0.4, 0.5) is 0 Å². The first-order valence-electron chi connectivity index (χ1n) is 6.86. The minimum Gasteiger partial charge on any atom is -0.228 e. The number of thioether (sulfide) groups is 1. The van der Waals surface area contributed by atoms with Gasteiger partial charge in [0.25, 0.3) is 0 Å². The van der Waals surface area contributed by atoms with Crippen LogP contribution in [0.25, 0.3) is 0 Å². The lowest BCUT2D eigenvalue weighted by Gasteiger charge is -2.17. The topological polar surface area (TPSA) is 52.6 Å². The SMILES string of the molecule is CCCCOOSC1CSCC1S(=O)(=O)CCCC. The lowest BCUT2D eigenvalue weighted by Crippen LogP contribution is -2.32. The quantitative estimate of drug-likeness (QED) is 0.266. The van der Waals surface area contributed by atoms with Crippen LogP contribution in [-0.4, -0.2) is 42.8 Å². The highest BCUT2D eigenvalue weighted by Gasteiger charge is 2.38. The van der Waals surface area contributed by atoms with Gasteiger partial charge in [0.15, 0.2) is 9.84 Å². The van der Waals surface area contributed by atoms with Crippen LogP contribution < -0.4 is 0 Å². The second-order valence-electron chi connectivity index (χ2n) is 4.67. The van der Waals surface area contributed by atoms with Gasteiger partial charge in [0, 0.05) is 23.5 Å². The van der Waals surface area contributed by atoms with Crippen LogP contribution in [0.15, 0.2) is 0 Å². The van der Waals surface area contributed by atoms with Crippen molar-refractivity contribution in [2.75, 3.05) is 23.9 Å². The number of sulfone groups is 1. The minimum atomic E-state index is -3.00. The Kier molecular flexibility index (Phi) is 8.81. The van der Waals surface area contributed by atoms with E-state index in [0.29, 0.717) is 18.1 Å². The summed E-state index contributed by atoms with van der Waals surface area (Å²) in [6, 6.07) is 0. The van der Waals surface area contributed by atoms with E-state index in [2.05, 4.69) is 6.92 Å². The third-order valence-electron chi connectivity index (χ3n) is 3.01. The average Bonchev–Trinajstić information content (AvgIpc) is 2.85. The molecule has 19 heavy (non-hydrogen) atoms. The van der Waals surface area contributed by atoms with Crippen molar-refractivity contribution in [1.29, 1.82) is 0 Å². The number of hydrogen-bond donors (Lipinski definition) is 0. The van der Waals surface area contributed by atoms with Crippen LogP contribution in [-0.2, 0) is 19.1 Å². The molecule has 4 nitrogen and oxygen atoms in total. The second kappa shape index (κ2) is 9.50. The molecule has 1 aliphatic rings. The Hall–Kier alpha value is 0.570. The fraction of sp³-hybridized carbons (Fsp3) is 1.00. The highest BCUT2D eigenvalue weighted by molar-refractivity contribution is 8.04. The van der Waals surface area contributed by atoms with Crippen LogP contribution in [0, 0.1) is 0 Å². The average molecular weight is 329 g/mol. The maximum atomic E-state index is 12.2. The van der Waals surface area contributed by atoms with Gasteiger partial charge in [0.05, 0.1) is 22.9 Å². The van der Waals surface area contributed by atoms with Gasteiger partial charge in [-0.15, -0.1) is 0 Å². The van der Waals surface area contributed by atoms with Crippen molar-refractivity contribution in [3.05, 3.63) is 0 Å². The summed E-state index contributed by atoms with van der Waals surface area (Å²) in [6.07, 6.45) is 3.67. The highest BCUT2D eigenvalue weighted by Crippen LogP contribution is 2.34. The van der Waals surface area contributed by atoms with Crippen molar-refractivity contribution >= 4 is 33.6 Å². The van der Waals surface area contributed by atoms with Crippen molar-refractivity contribution in [1.82, 2.24) is 0 Å². The largest absolute Gasteiger partial charge is 0.228 e. The van der Waals surface area contributed by atoms with Gasteiger partial charge in [-0.05, 0) is 12.8 Å². The van der Waals surface area contributed by atoms with Crippen LogP contribution in [0.3, 0.4) is 0 Å². The van der Waals surface area contributed by atoms with Gasteiger partial charge in [-0.1, -0.05) is 26.7 Å². The number of hydrogen-bond acceptors (Lipinski definition) is 6. The van der Waals surface area contributed by atoms with Gasteiger partial charge >= 0.3 is 0 Å². The van der Waals surface area contributed by atoms with Crippen LogP contribution >= 0.6 is 23.8 Å². The van der Waals surface area contributed by atoms with Crippen molar-refractivity contribution < 1.29 is 17.6 Å². The van der Waals surface area contributed by atoms with Gasteiger partial charge in [0.1, 0.15) is 0 Å². The Morgan fingerprint density at radius 2 is 1.95 bits per heavy atom. The second-order valence-corrected chi connectivity index (χ2v) is 9.02. The Morgan fingerprint density at radius 3 is 2.63 bits per heavy atom. The standard InChI is InChI=1S/C12H24O4S3/c1-3-5-7-15-16-18-11-9-17-10-12(11)19(13,14)8-6-4-2/h11-12H,3-10H2,1-2H3. The predicted molar refractivity (Wildman–Crippen MR) is 83.1 cm³/mol. The molecule has 1 heterocycles. The van der Waals surface area contributed by atoms with Gasteiger partial charge in [-0.25, -0.2) is 13.3 Å². The highest BCUT2D eigenvalue weighted by atomic mass is 32.2. The van der Waals surface area contributed by atoms with E-state index in [-0.39, 0.29) is 10.5 Å². The molecule has 114 valence electrons. The minimum absolute atomic E-state index is 0.00603. The van der Waals surface area contributed by atoms with Crippen molar-refractivity contribution in [3.8, 4) is 0 Å². The summed E-state index contributed by atoms with van der Waals surface area (Å²) >= 11 is 2.86. The van der Waals surface area contributed by atoms with Gasteiger partial charge in [0.2, 0.25) is 0 Å². The summed E-state index contributed by atoms with van der Waals surface area (Å²) in [7, 11) is -3.00. The smallest absolute Gasteiger partial charge is 0.155 e. The lowest BCUT2D eigenvalue weighted by molar-refractivity contribution is -0.191. The summed E-state index contributed by atoms with van der Waals surface area (Å²) in [5.74, 6) is 1.79. The predicted octanol–water partition coefficient (Wildman–Crippen LogP) is 3.08. The molecule has 2 atom stereocenters. The molecular formula is C12H24O4S3. The summed E-state index contributed by atoms with van der Waals surface area (Å²) < 4.78 is 29.5. The Labute approximate surface area is 125 Å². The van der Waals surface area contributed by atoms with E-state index in [1.54, 1.807) is 11.8 Å². The molecule has 0 bridgehead atoms. The first-order valence-corrected chi connectivity index (χ1v) is 10.5. The van der Waals surface area contributed by atoms with Gasteiger partial charge < -0.3 is 0 Å². The molecule has 0 N–H and O–H groups in total. The van der Waals surface area contributed by atoms with Gasteiger partial charge in [-0.3, -0.25) is 0 Å². The van der Waals surface area contributed by atoms with E-state index in [1.165, 1.54) is 12.0 Å². The molecule has 1 fully saturated rings. The Morgan fingerprint density at radius 1 is 1.21 bits per heavy atom. The molecule has 0 aliphatic carbocycles. The van der Waals surface area contributed by atoms with E-state index in [9.17, 15) is 8.42 Å². The van der Waals surface area contributed by atoms with Crippen molar-refractivity contribution in [3.63, 3.8) is 0 Å². The van der Waals surface area contributed by atoms with E-state index in [0.717, 1.165) is 31.4 Å². The van der Waals surface area contributed by atoms with Gasteiger partial charge in [-0.2, -0.15) is 16.1 Å². The molecule has 7 heteroatoms. The monoisotopic (exact) mass is 328 g/mol. The molecule has 1 saturated heterocycles. The number of unbranched alkanes of at least 4 members (excludes halogenated alkanes) is 2. The van der Waals surface area contributed by atoms with E-state index in [4.69, 9.17) is 9.22 Å². The molecule has 0 aromatic heterocycles. The van der Waals surface area contributed by atoms with Crippen LogP contribution in [0.1, 0.15) is 39.5 Å². The zero-order valence-corrected chi connectivity index (χ0v) is 14.1. The first kappa shape index (κ1) is 17.6. The van der Waals surface area contributed by atoms with Crippen molar-refractivity contribution in [2.45, 2.75) is 50.0 Å². The van der Waals surface area contributed by atoms with E-state index >= 15 is 0 Å². The zero-order valence-electron chi connectivity index (χ0n) is 11.7. The molecule has 0 aromatic carbocycles. The molecule has 0 spiro atoms.